The number of aliphatic carboxylic acids is 1. The minimum atomic E-state index is -0.943. The highest BCUT2D eigenvalue weighted by molar-refractivity contribution is 5.85. The number of nitriles is 1. The van der Waals surface area contributed by atoms with E-state index in [-0.39, 0.29) is 18.4 Å². The predicted octanol–water partition coefficient (Wildman–Crippen LogP) is 4.24. The molecule has 3 rings (SSSR count). The molecule has 0 unspecified atom stereocenters. The van der Waals surface area contributed by atoms with Gasteiger partial charge in [0.1, 0.15) is 12.4 Å². The third-order valence-corrected chi connectivity index (χ3v) is 5.88. The van der Waals surface area contributed by atoms with Crippen molar-refractivity contribution >= 4 is 11.9 Å². The molecule has 2 aromatic carbocycles. The monoisotopic (exact) mass is 434 g/mol. The molecule has 1 amide bonds. The Morgan fingerprint density at radius 1 is 1.06 bits per heavy atom. The number of rotatable bonds is 12. The standard InChI is InChI=1S/C26H30N2O4/c27-15-5-4-9-21-11-13-24(14-12-21)32-19-23-17-22(18-25(29)30)26(31)28(23)16-6-10-20-7-2-1-3-8-20/h1-3,7-8,11-14,22-23H,4-6,9-10,16-19H2,(H,29,30)/t22-,23-/m0/s1. The summed E-state index contributed by atoms with van der Waals surface area (Å²) in [6.07, 6.45) is 4.30. The summed E-state index contributed by atoms with van der Waals surface area (Å²) in [4.78, 5) is 25.9. The van der Waals surface area contributed by atoms with Crippen molar-refractivity contribution in [1.82, 2.24) is 4.90 Å². The molecule has 0 spiro atoms. The Bertz CT molecular complexity index is 921. The summed E-state index contributed by atoms with van der Waals surface area (Å²) in [5, 5.41) is 17.8. The van der Waals surface area contributed by atoms with Crippen LogP contribution in [-0.2, 0) is 22.4 Å². The first kappa shape index (κ1) is 23.3. The Morgan fingerprint density at radius 3 is 2.44 bits per heavy atom. The Kier molecular flexibility index (Phi) is 8.68. The van der Waals surface area contributed by atoms with E-state index in [2.05, 4.69) is 18.2 Å². The lowest BCUT2D eigenvalue weighted by molar-refractivity contribution is -0.142. The van der Waals surface area contributed by atoms with Gasteiger partial charge in [0.05, 0.1) is 24.4 Å². The zero-order chi connectivity index (χ0) is 22.8. The molecule has 1 aliphatic heterocycles. The topological polar surface area (TPSA) is 90.6 Å². The fourth-order valence-electron chi connectivity index (χ4n) is 4.22. The van der Waals surface area contributed by atoms with Crippen LogP contribution < -0.4 is 4.74 Å². The quantitative estimate of drug-likeness (QED) is 0.505. The second-order valence-corrected chi connectivity index (χ2v) is 8.27. The van der Waals surface area contributed by atoms with Crippen molar-refractivity contribution in [2.75, 3.05) is 13.2 Å². The second kappa shape index (κ2) is 11.9. The number of carboxylic acid groups (broad SMARTS) is 1. The molecule has 1 saturated heterocycles. The van der Waals surface area contributed by atoms with E-state index >= 15 is 0 Å². The highest BCUT2D eigenvalue weighted by Gasteiger charge is 2.40. The minimum Gasteiger partial charge on any atom is -0.491 e. The third-order valence-electron chi connectivity index (χ3n) is 5.88. The van der Waals surface area contributed by atoms with Crippen LogP contribution in [0.15, 0.2) is 54.6 Å². The molecule has 0 saturated carbocycles. The zero-order valence-corrected chi connectivity index (χ0v) is 18.3. The zero-order valence-electron chi connectivity index (χ0n) is 18.3. The summed E-state index contributed by atoms with van der Waals surface area (Å²) >= 11 is 0. The van der Waals surface area contributed by atoms with Gasteiger partial charge in [-0.3, -0.25) is 9.59 Å². The summed E-state index contributed by atoms with van der Waals surface area (Å²) in [6.45, 7) is 0.941. The number of hydrogen-bond donors (Lipinski definition) is 1. The average Bonchev–Trinajstić information content (AvgIpc) is 3.08. The molecular formula is C26H30N2O4. The van der Waals surface area contributed by atoms with Gasteiger partial charge in [0.2, 0.25) is 5.91 Å². The summed E-state index contributed by atoms with van der Waals surface area (Å²) in [5.74, 6) is -0.782. The number of carboxylic acids is 1. The molecule has 2 aromatic rings. The van der Waals surface area contributed by atoms with E-state index in [0.29, 0.717) is 26.0 Å². The van der Waals surface area contributed by atoms with Crippen molar-refractivity contribution < 1.29 is 19.4 Å². The maximum Gasteiger partial charge on any atom is 0.304 e. The number of hydrogen-bond acceptors (Lipinski definition) is 4. The summed E-state index contributed by atoms with van der Waals surface area (Å²) in [7, 11) is 0. The van der Waals surface area contributed by atoms with Crippen LogP contribution in [0, 0.1) is 17.2 Å². The van der Waals surface area contributed by atoms with Gasteiger partial charge in [0, 0.05) is 13.0 Å². The molecule has 1 N–H and O–H groups in total. The van der Waals surface area contributed by atoms with Crippen LogP contribution in [0.3, 0.4) is 0 Å². The van der Waals surface area contributed by atoms with E-state index in [1.165, 1.54) is 5.56 Å². The Morgan fingerprint density at radius 2 is 1.75 bits per heavy atom. The predicted molar refractivity (Wildman–Crippen MR) is 121 cm³/mol. The number of amides is 1. The van der Waals surface area contributed by atoms with Crippen LogP contribution in [0.5, 0.6) is 5.75 Å². The maximum atomic E-state index is 12.9. The molecule has 6 nitrogen and oxygen atoms in total. The van der Waals surface area contributed by atoms with E-state index < -0.39 is 11.9 Å². The smallest absolute Gasteiger partial charge is 0.304 e. The van der Waals surface area contributed by atoms with E-state index in [1.807, 2.05) is 47.4 Å². The van der Waals surface area contributed by atoms with Crippen molar-refractivity contribution in [2.24, 2.45) is 5.92 Å². The van der Waals surface area contributed by atoms with Crippen LogP contribution in [0.1, 0.15) is 43.2 Å². The molecule has 0 aliphatic carbocycles. The number of carbonyl (C=O) groups is 2. The first-order valence-electron chi connectivity index (χ1n) is 11.2. The molecule has 1 aliphatic rings. The first-order chi connectivity index (χ1) is 15.6. The van der Waals surface area contributed by atoms with E-state index in [1.54, 1.807) is 0 Å². The van der Waals surface area contributed by atoms with Crippen LogP contribution in [0.4, 0.5) is 0 Å². The molecule has 6 heteroatoms. The van der Waals surface area contributed by atoms with Crippen molar-refractivity contribution in [2.45, 2.75) is 51.0 Å². The molecule has 1 heterocycles. The van der Waals surface area contributed by atoms with Gasteiger partial charge in [-0.05, 0) is 55.4 Å². The van der Waals surface area contributed by atoms with Crippen LogP contribution in [-0.4, -0.2) is 41.1 Å². The lowest BCUT2D eigenvalue weighted by atomic mass is 10.0. The van der Waals surface area contributed by atoms with E-state index in [0.717, 1.165) is 37.0 Å². The van der Waals surface area contributed by atoms with E-state index in [4.69, 9.17) is 10.00 Å². The molecule has 0 radical (unpaired) electrons. The van der Waals surface area contributed by atoms with Crippen molar-refractivity contribution in [3.05, 3.63) is 65.7 Å². The molecular weight excluding hydrogens is 404 g/mol. The number of unbranched alkanes of at least 4 members (excludes halogenated alkanes) is 1. The van der Waals surface area contributed by atoms with Gasteiger partial charge in [-0.15, -0.1) is 0 Å². The van der Waals surface area contributed by atoms with Crippen molar-refractivity contribution in [3.63, 3.8) is 0 Å². The minimum absolute atomic E-state index is 0.0816. The number of likely N-dealkylation sites (tertiary alicyclic amines) is 1. The normalized spacial score (nSPS) is 17.8. The van der Waals surface area contributed by atoms with Crippen LogP contribution in [0.2, 0.25) is 0 Å². The number of aryl methyl sites for hydroxylation is 2. The fraction of sp³-hybridized carbons (Fsp3) is 0.423. The largest absolute Gasteiger partial charge is 0.491 e. The molecule has 0 aromatic heterocycles. The highest BCUT2D eigenvalue weighted by atomic mass is 16.5. The van der Waals surface area contributed by atoms with Crippen LogP contribution in [0.25, 0.3) is 0 Å². The fourth-order valence-corrected chi connectivity index (χ4v) is 4.22. The molecule has 32 heavy (non-hydrogen) atoms. The van der Waals surface area contributed by atoms with Crippen molar-refractivity contribution in [1.29, 1.82) is 5.26 Å². The van der Waals surface area contributed by atoms with E-state index in [9.17, 15) is 14.7 Å². The van der Waals surface area contributed by atoms with Gasteiger partial charge in [-0.1, -0.05) is 42.5 Å². The third kappa shape index (κ3) is 6.84. The van der Waals surface area contributed by atoms with Gasteiger partial charge in [-0.2, -0.15) is 5.26 Å². The summed E-state index contributed by atoms with van der Waals surface area (Å²) in [6, 6.07) is 20.0. The second-order valence-electron chi connectivity index (χ2n) is 8.27. The molecule has 1 fully saturated rings. The van der Waals surface area contributed by atoms with Crippen molar-refractivity contribution in [3.8, 4) is 11.8 Å². The molecule has 168 valence electrons. The Hall–Kier alpha value is -3.33. The lowest BCUT2D eigenvalue weighted by Gasteiger charge is -2.25. The first-order valence-corrected chi connectivity index (χ1v) is 11.2. The van der Waals surface area contributed by atoms with Gasteiger partial charge in [-0.25, -0.2) is 0 Å². The van der Waals surface area contributed by atoms with Gasteiger partial charge >= 0.3 is 5.97 Å². The molecule has 2 atom stereocenters. The van der Waals surface area contributed by atoms with Gasteiger partial charge in [0.25, 0.3) is 0 Å². The van der Waals surface area contributed by atoms with Gasteiger partial charge < -0.3 is 14.7 Å². The lowest BCUT2D eigenvalue weighted by Crippen LogP contribution is -2.38. The molecule has 0 bridgehead atoms. The summed E-state index contributed by atoms with van der Waals surface area (Å²) < 4.78 is 5.97. The van der Waals surface area contributed by atoms with Crippen LogP contribution >= 0.6 is 0 Å². The summed E-state index contributed by atoms with van der Waals surface area (Å²) in [5.41, 5.74) is 2.39. The number of ether oxygens (including phenoxy) is 1. The number of carbonyl (C=O) groups excluding carboxylic acids is 1. The van der Waals surface area contributed by atoms with Gasteiger partial charge in [0.15, 0.2) is 0 Å². The number of benzene rings is 2. The highest BCUT2D eigenvalue weighted by Crippen LogP contribution is 2.28. The average molecular weight is 435 g/mol. The Labute approximate surface area is 189 Å². The Balaban J connectivity index is 1.56. The number of nitrogens with zero attached hydrogens (tertiary/aromatic N) is 2. The maximum absolute atomic E-state index is 12.9. The SMILES string of the molecule is N#CCCCc1ccc(OC[C@@H]2C[C@@H](CC(=O)O)C(=O)N2CCCc2ccccc2)cc1.